The maximum Gasteiger partial charge on any atom is 0.420 e. The Morgan fingerprint density at radius 2 is 1.80 bits per heavy atom. The zero-order chi connectivity index (χ0) is 28.2. The second kappa shape index (κ2) is 11.9. The van der Waals surface area contributed by atoms with Gasteiger partial charge in [0.25, 0.3) is 0 Å². The zero-order valence-corrected chi connectivity index (χ0v) is 23.0. The van der Waals surface area contributed by atoms with Gasteiger partial charge in [-0.2, -0.15) is 0 Å². The molecule has 3 saturated heterocycles. The Labute approximate surface area is 238 Å². The molecule has 0 spiro atoms. The monoisotopic (exact) mass is 551 g/mol. The molecule has 3 aliphatic rings. The van der Waals surface area contributed by atoms with E-state index in [0.29, 0.717) is 29.2 Å². The molecule has 3 aromatic carbocycles. The van der Waals surface area contributed by atoms with Crippen LogP contribution in [0.4, 0.5) is 10.5 Å². The van der Waals surface area contributed by atoms with Crippen LogP contribution in [0, 0.1) is 5.92 Å². The Morgan fingerprint density at radius 3 is 2.56 bits per heavy atom. The van der Waals surface area contributed by atoms with Crippen LogP contribution in [-0.2, 0) is 16.0 Å². The number of oxazole rings is 1. The van der Waals surface area contributed by atoms with Crippen molar-refractivity contribution >= 4 is 35.0 Å². The van der Waals surface area contributed by atoms with Gasteiger partial charge < -0.3 is 13.9 Å². The van der Waals surface area contributed by atoms with Crippen LogP contribution in [0.15, 0.2) is 88.3 Å². The van der Waals surface area contributed by atoms with Crippen molar-refractivity contribution < 1.29 is 18.7 Å². The largest absolute Gasteiger partial charge is 0.504 e. The number of fused-ring (bicyclic) bond motifs is 4. The lowest BCUT2D eigenvalue weighted by Gasteiger charge is -2.43. The fraction of sp³-hybridized carbons (Fsp3) is 0.273. The number of benzene rings is 3. The molecule has 3 fully saturated rings. The average molecular weight is 552 g/mol. The van der Waals surface area contributed by atoms with E-state index in [-0.39, 0.29) is 6.10 Å². The Kier molecular flexibility index (Phi) is 7.73. The summed E-state index contributed by atoms with van der Waals surface area (Å²) in [7, 11) is 1.58. The number of nitrogens with zero attached hydrogens (tertiary/aromatic N) is 2. The minimum absolute atomic E-state index is 0.0732. The number of piperidine rings is 3. The molecular formula is C33H33N3O5. The Bertz CT molecular complexity index is 1640. The maximum absolute atomic E-state index is 13.0. The van der Waals surface area contributed by atoms with Gasteiger partial charge in [-0.15, -0.1) is 0 Å². The fourth-order valence-electron chi connectivity index (χ4n) is 5.76. The molecule has 8 nitrogen and oxygen atoms in total. The van der Waals surface area contributed by atoms with E-state index in [1.54, 1.807) is 24.0 Å². The first-order valence-corrected chi connectivity index (χ1v) is 14.0. The van der Waals surface area contributed by atoms with Crippen LogP contribution in [0.2, 0.25) is 0 Å². The molecule has 3 aliphatic heterocycles. The molecule has 1 atom stereocenters. The summed E-state index contributed by atoms with van der Waals surface area (Å²) >= 11 is 0. The first-order valence-electron chi connectivity index (χ1n) is 14.0. The third-order valence-corrected chi connectivity index (χ3v) is 7.91. The van der Waals surface area contributed by atoms with Gasteiger partial charge in [-0.3, -0.25) is 14.8 Å². The lowest BCUT2D eigenvalue weighted by molar-refractivity contribution is -0.0289. The molecule has 1 amide bonds. The summed E-state index contributed by atoms with van der Waals surface area (Å²) in [6.07, 6.45) is 8.86. The number of anilines is 1. The van der Waals surface area contributed by atoms with E-state index in [1.807, 2.05) is 78.9 Å². The van der Waals surface area contributed by atoms with Gasteiger partial charge >= 0.3 is 11.8 Å². The van der Waals surface area contributed by atoms with Gasteiger partial charge in [0.05, 0.1) is 24.6 Å². The molecule has 1 N–H and O–H groups in total. The molecule has 1 aromatic heterocycles. The van der Waals surface area contributed by atoms with E-state index >= 15 is 0 Å². The van der Waals surface area contributed by atoms with Crippen LogP contribution in [0.5, 0.6) is 0 Å². The van der Waals surface area contributed by atoms with Crippen molar-refractivity contribution in [3.63, 3.8) is 0 Å². The summed E-state index contributed by atoms with van der Waals surface area (Å²) in [6, 6.07) is 21.4. The van der Waals surface area contributed by atoms with Crippen molar-refractivity contribution in [1.29, 1.82) is 0 Å². The second-order valence-electron chi connectivity index (χ2n) is 10.5. The zero-order valence-electron chi connectivity index (χ0n) is 23.0. The van der Waals surface area contributed by atoms with E-state index in [4.69, 9.17) is 13.9 Å². The number of nitrogens with one attached hydrogen (secondary N) is 1. The highest BCUT2D eigenvalue weighted by molar-refractivity contribution is 5.92. The van der Waals surface area contributed by atoms with Crippen LogP contribution < -0.4 is 11.1 Å². The van der Waals surface area contributed by atoms with Crippen LogP contribution in [0.3, 0.4) is 0 Å². The number of hydrogen-bond donors (Lipinski definition) is 1. The molecule has 8 heteroatoms. The van der Waals surface area contributed by atoms with Crippen molar-refractivity contribution in [1.82, 2.24) is 9.47 Å². The predicted octanol–water partition coefficient (Wildman–Crippen LogP) is 6.23. The van der Waals surface area contributed by atoms with Gasteiger partial charge in [0.2, 0.25) is 0 Å². The van der Waals surface area contributed by atoms with Gasteiger partial charge in [0.15, 0.2) is 5.58 Å². The molecule has 0 saturated carbocycles. The first-order chi connectivity index (χ1) is 20.1. The molecular weight excluding hydrogens is 518 g/mol. The number of allylic oxidation sites excluding steroid dienone is 1. The lowest BCUT2D eigenvalue weighted by atomic mass is 9.86. The third-order valence-electron chi connectivity index (χ3n) is 7.91. The molecule has 41 heavy (non-hydrogen) atoms. The van der Waals surface area contributed by atoms with E-state index in [9.17, 15) is 9.59 Å². The van der Waals surface area contributed by atoms with Crippen LogP contribution in [0.1, 0.15) is 24.0 Å². The van der Waals surface area contributed by atoms with Crippen molar-refractivity contribution in [2.45, 2.75) is 25.5 Å². The molecule has 2 bridgehead atoms. The van der Waals surface area contributed by atoms with Crippen LogP contribution >= 0.6 is 0 Å². The molecule has 4 aromatic rings. The maximum atomic E-state index is 13.0. The number of carbonyl (C=O) groups excluding carboxylic acids is 1. The highest BCUT2D eigenvalue weighted by Crippen LogP contribution is 2.32. The van der Waals surface area contributed by atoms with Gasteiger partial charge in [0.1, 0.15) is 6.10 Å². The molecule has 0 aliphatic carbocycles. The number of rotatable bonds is 8. The second-order valence-corrected chi connectivity index (χ2v) is 10.5. The SMILES string of the molecule is CO/C=C/c1ccc2c(c1)oc(=O)n2C/C=C/c1ccc(-c2ccccc2)c(NC(=O)O[C@H]2CN3CCC2CC3)c1. The molecule has 4 heterocycles. The summed E-state index contributed by atoms with van der Waals surface area (Å²) in [6.45, 7) is 3.32. The van der Waals surface area contributed by atoms with Crippen molar-refractivity contribution in [3.8, 4) is 11.1 Å². The van der Waals surface area contributed by atoms with E-state index in [0.717, 1.165) is 54.7 Å². The fourth-order valence-corrected chi connectivity index (χ4v) is 5.76. The highest BCUT2D eigenvalue weighted by Gasteiger charge is 2.36. The average Bonchev–Trinajstić information content (AvgIpc) is 3.31. The first kappa shape index (κ1) is 26.7. The molecule has 210 valence electrons. The minimum atomic E-state index is -0.432. The summed E-state index contributed by atoms with van der Waals surface area (Å²) in [5.41, 5.74) is 5.57. The van der Waals surface area contributed by atoms with Gasteiger partial charge in [-0.1, -0.05) is 60.7 Å². The van der Waals surface area contributed by atoms with E-state index < -0.39 is 11.8 Å². The van der Waals surface area contributed by atoms with Gasteiger partial charge in [0, 0.05) is 18.7 Å². The number of carbonyl (C=O) groups is 1. The Hall–Kier alpha value is -4.56. The van der Waals surface area contributed by atoms with E-state index in [2.05, 4.69) is 10.2 Å². The Morgan fingerprint density at radius 1 is 1.02 bits per heavy atom. The summed E-state index contributed by atoms with van der Waals surface area (Å²) < 4.78 is 17.9. The standard InChI is InChI=1S/C33H33N3O5/c1-39-19-15-24-10-12-29-30(21-24)41-33(38)36(29)16-5-6-23-9-11-27(25-7-3-2-4-8-25)28(20-23)34-32(37)40-31-22-35-17-13-26(31)14-18-35/h2-12,15,19-21,26,31H,13-14,16-18,22H2,1H3,(H,34,37)/b6-5+,19-15+/t31-/m0/s1. The summed E-state index contributed by atoms with van der Waals surface area (Å²) in [4.78, 5) is 28.0. The lowest BCUT2D eigenvalue weighted by Crippen LogP contribution is -2.52. The number of amides is 1. The Balaban J connectivity index is 1.21. The quantitative estimate of drug-likeness (QED) is 0.261. The highest BCUT2D eigenvalue weighted by atomic mass is 16.6. The molecule has 7 rings (SSSR count). The van der Waals surface area contributed by atoms with Crippen molar-refractivity contribution in [2.24, 2.45) is 5.92 Å². The van der Waals surface area contributed by atoms with E-state index in [1.165, 1.54) is 0 Å². The number of aromatic nitrogens is 1. The number of methoxy groups -OCH3 is 1. The molecule has 0 radical (unpaired) electrons. The predicted molar refractivity (Wildman–Crippen MR) is 160 cm³/mol. The van der Waals surface area contributed by atoms with Crippen LogP contribution in [-0.4, -0.2) is 48.4 Å². The minimum Gasteiger partial charge on any atom is -0.504 e. The summed E-state index contributed by atoms with van der Waals surface area (Å²) in [5.74, 6) is 0.0132. The number of ether oxygens (including phenoxy) is 2. The topological polar surface area (TPSA) is 85.9 Å². The molecule has 0 unspecified atom stereocenters. The summed E-state index contributed by atoms with van der Waals surface area (Å²) in [5, 5.41) is 3.02. The smallest absolute Gasteiger partial charge is 0.420 e. The van der Waals surface area contributed by atoms with Gasteiger partial charge in [-0.05, 0) is 72.8 Å². The van der Waals surface area contributed by atoms with Crippen LogP contribution in [0.25, 0.3) is 34.4 Å². The number of hydrogen-bond acceptors (Lipinski definition) is 6. The van der Waals surface area contributed by atoms with Crippen molar-refractivity contribution in [3.05, 3.63) is 101 Å². The third kappa shape index (κ3) is 5.98. The van der Waals surface area contributed by atoms with Crippen molar-refractivity contribution in [2.75, 3.05) is 32.1 Å². The van der Waals surface area contributed by atoms with Gasteiger partial charge in [-0.25, -0.2) is 9.59 Å². The normalized spacial score (nSPS) is 20.2.